The molecule has 1 amide bonds. The molecule has 6 nitrogen and oxygen atoms in total. The van der Waals surface area contributed by atoms with Crippen LogP contribution in [-0.2, 0) is 11.3 Å². The van der Waals surface area contributed by atoms with Crippen molar-refractivity contribution in [3.8, 4) is 0 Å². The van der Waals surface area contributed by atoms with Gasteiger partial charge in [0.2, 0.25) is 5.91 Å². The zero-order valence-corrected chi connectivity index (χ0v) is 14.9. The quantitative estimate of drug-likeness (QED) is 0.786. The van der Waals surface area contributed by atoms with E-state index in [1.165, 1.54) is 0 Å². The number of hydrogen-bond donors (Lipinski definition) is 1. The molecule has 0 radical (unpaired) electrons. The number of pyridine rings is 1. The smallest absolute Gasteiger partial charge is 0.221 e. The van der Waals surface area contributed by atoms with Gasteiger partial charge in [0.1, 0.15) is 5.82 Å². The highest BCUT2D eigenvalue weighted by atomic mass is 16.1. The summed E-state index contributed by atoms with van der Waals surface area (Å²) in [6.45, 7) is 4.43. The molecule has 1 aliphatic rings. The second-order valence-electron chi connectivity index (χ2n) is 6.88. The second-order valence-corrected chi connectivity index (χ2v) is 6.88. The van der Waals surface area contributed by atoms with E-state index in [9.17, 15) is 4.79 Å². The van der Waals surface area contributed by atoms with E-state index < -0.39 is 0 Å². The Balaban J connectivity index is 1.42. The molecule has 2 aromatic heterocycles. The maximum Gasteiger partial charge on any atom is 0.221 e. The molecular formula is C20H23N5O. The number of carbonyl (C=O) groups excluding carboxylic acids is 1. The summed E-state index contributed by atoms with van der Waals surface area (Å²) < 4.78 is 2.10. The molecule has 26 heavy (non-hydrogen) atoms. The van der Waals surface area contributed by atoms with Crippen molar-refractivity contribution in [1.82, 2.24) is 19.5 Å². The molecule has 0 bridgehead atoms. The lowest BCUT2D eigenvalue weighted by Crippen LogP contribution is -2.33. The molecule has 0 unspecified atom stereocenters. The van der Waals surface area contributed by atoms with Crippen LogP contribution in [0.4, 0.5) is 5.69 Å². The van der Waals surface area contributed by atoms with E-state index in [-0.39, 0.29) is 5.91 Å². The van der Waals surface area contributed by atoms with Gasteiger partial charge in [0.25, 0.3) is 0 Å². The van der Waals surface area contributed by atoms with Crippen LogP contribution in [0, 0.1) is 0 Å². The zero-order chi connectivity index (χ0) is 17.9. The first-order valence-electron chi connectivity index (χ1n) is 9.08. The van der Waals surface area contributed by atoms with E-state index in [1.807, 2.05) is 42.6 Å². The summed E-state index contributed by atoms with van der Waals surface area (Å²) in [5, 5.41) is 11.6. The Morgan fingerprint density at radius 3 is 2.69 bits per heavy atom. The van der Waals surface area contributed by atoms with Gasteiger partial charge in [-0.1, -0.05) is 24.3 Å². The summed E-state index contributed by atoms with van der Waals surface area (Å²) in [7, 11) is 0. The molecule has 0 aliphatic carbocycles. The van der Waals surface area contributed by atoms with Gasteiger partial charge in [0.15, 0.2) is 5.65 Å². The van der Waals surface area contributed by atoms with Crippen molar-refractivity contribution in [2.45, 2.75) is 32.2 Å². The number of benzene rings is 1. The number of amides is 1. The maximum atomic E-state index is 11.4. The number of aromatic nitrogens is 3. The minimum absolute atomic E-state index is 0.0326. The fourth-order valence-electron chi connectivity index (χ4n) is 3.70. The Hall–Kier alpha value is -2.73. The summed E-state index contributed by atoms with van der Waals surface area (Å²) >= 11 is 0. The molecule has 4 rings (SSSR count). The molecule has 3 aromatic rings. The highest BCUT2D eigenvalue weighted by Crippen LogP contribution is 2.28. The molecule has 1 saturated heterocycles. The molecule has 1 aliphatic heterocycles. The van der Waals surface area contributed by atoms with E-state index in [2.05, 4.69) is 30.9 Å². The average molecular weight is 349 g/mol. The first kappa shape index (κ1) is 16.7. The van der Waals surface area contributed by atoms with Crippen LogP contribution in [-0.4, -0.2) is 38.5 Å². The van der Waals surface area contributed by atoms with Crippen LogP contribution in [0.25, 0.3) is 5.65 Å². The standard InChI is InChI=1S/C20H23N5O/c1-15(26)21-18-7-3-2-6-17(18)14-24-12-9-16(10-13-24)20-23-22-19-8-4-5-11-25(19)20/h2-8,11,16H,9-10,12-14H2,1H3,(H,21,26). The predicted octanol–water partition coefficient (Wildman–Crippen LogP) is 3.07. The van der Waals surface area contributed by atoms with Crippen molar-refractivity contribution < 1.29 is 4.79 Å². The topological polar surface area (TPSA) is 62.5 Å². The Bertz CT molecular complexity index is 911. The van der Waals surface area contributed by atoms with Gasteiger partial charge in [-0.15, -0.1) is 10.2 Å². The van der Waals surface area contributed by atoms with Gasteiger partial charge in [-0.3, -0.25) is 14.1 Å². The van der Waals surface area contributed by atoms with Gasteiger partial charge in [-0.2, -0.15) is 0 Å². The molecule has 0 atom stereocenters. The van der Waals surface area contributed by atoms with Crippen LogP contribution in [0.15, 0.2) is 48.7 Å². The van der Waals surface area contributed by atoms with Crippen LogP contribution in [0.5, 0.6) is 0 Å². The molecule has 1 N–H and O–H groups in total. The molecular weight excluding hydrogens is 326 g/mol. The number of likely N-dealkylation sites (tertiary alicyclic amines) is 1. The lowest BCUT2D eigenvalue weighted by molar-refractivity contribution is -0.114. The van der Waals surface area contributed by atoms with Crippen molar-refractivity contribution in [3.05, 3.63) is 60.0 Å². The number of anilines is 1. The van der Waals surface area contributed by atoms with E-state index in [1.54, 1.807) is 6.92 Å². The third-order valence-corrected chi connectivity index (χ3v) is 5.01. The minimum atomic E-state index is -0.0326. The van der Waals surface area contributed by atoms with Crippen molar-refractivity contribution >= 4 is 17.2 Å². The van der Waals surface area contributed by atoms with Crippen molar-refractivity contribution in [3.63, 3.8) is 0 Å². The van der Waals surface area contributed by atoms with Gasteiger partial charge in [0.05, 0.1) is 0 Å². The Morgan fingerprint density at radius 2 is 1.88 bits per heavy atom. The Labute approximate surface area is 152 Å². The molecule has 0 spiro atoms. The maximum absolute atomic E-state index is 11.4. The van der Waals surface area contributed by atoms with Gasteiger partial charge < -0.3 is 5.32 Å². The Morgan fingerprint density at radius 1 is 1.12 bits per heavy atom. The number of para-hydroxylation sites is 1. The third kappa shape index (κ3) is 3.46. The Kier molecular flexibility index (Phi) is 4.67. The zero-order valence-electron chi connectivity index (χ0n) is 14.9. The number of rotatable bonds is 4. The fourth-order valence-corrected chi connectivity index (χ4v) is 3.70. The van der Waals surface area contributed by atoms with Gasteiger partial charge in [-0.25, -0.2) is 0 Å². The molecule has 3 heterocycles. The summed E-state index contributed by atoms with van der Waals surface area (Å²) in [5.74, 6) is 1.47. The molecule has 6 heteroatoms. The lowest BCUT2D eigenvalue weighted by atomic mass is 9.95. The largest absolute Gasteiger partial charge is 0.326 e. The van der Waals surface area contributed by atoms with E-state index in [0.717, 1.165) is 55.2 Å². The van der Waals surface area contributed by atoms with Crippen molar-refractivity contribution in [2.75, 3.05) is 18.4 Å². The fraction of sp³-hybridized carbons (Fsp3) is 0.350. The minimum Gasteiger partial charge on any atom is -0.326 e. The lowest BCUT2D eigenvalue weighted by Gasteiger charge is -2.31. The van der Waals surface area contributed by atoms with E-state index in [0.29, 0.717) is 5.92 Å². The van der Waals surface area contributed by atoms with Gasteiger partial charge in [-0.05, 0) is 49.7 Å². The second kappa shape index (κ2) is 7.25. The summed E-state index contributed by atoms with van der Waals surface area (Å²) in [4.78, 5) is 13.8. The highest BCUT2D eigenvalue weighted by Gasteiger charge is 2.24. The third-order valence-electron chi connectivity index (χ3n) is 5.01. The molecule has 0 saturated carbocycles. The van der Waals surface area contributed by atoms with Gasteiger partial charge >= 0.3 is 0 Å². The van der Waals surface area contributed by atoms with Crippen molar-refractivity contribution in [1.29, 1.82) is 0 Å². The van der Waals surface area contributed by atoms with Gasteiger partial charge in [0, 0.05) is 31.3 Å². The van der Waals surface area contributed by atoms with Crippen LogP contribution in [0.3, 0.4) is 0 Å². The van der Waals surface area contributed by atoms with Crippen molar-refractivity contribution in [2.24, 2.45) is 0 Å². The first-order valence-corrected chi connectivity index (χ1v) is 9.08. The summed E-state index contributed by atoms with van der Waals surface area (Å²) in [5.41, 5.74) is 2.98. The molecule has 134 valence electrons. The number of nitrogens with one attached hydrogen (secondary N) is 1. The number of nitrogens with zero attached hydrogens (tertiary/aromatic N) is 4. The number of piperidine rings is 1. The molecule has 1 aromatic carbocycles. The van der Waals surface area contributed by atoms with E-state index >= 15 is 0 Å². The predicted molar refractivity (Wildman–Crippen MR) is 101 cm³/mol. The SMILES string of the molecule is CC(=O)Nc1ccccc1CN1CCC(c2nnc3ccccn23)CC1. The van der Waals surface area contributed by atoms with Crippen LogP contribution in [0.2, 0.25) is 0 Å². The summed E-state index contributed by atoms with van der Waals surface area (Å²) in [6.07, 6.45) is 4.18. The number of hydrogen-bond acceptors (Lipinski definition) is 4. The van der Waals surface area contributed by atoms with Crippen LogP contribution >= 0.6 is 0 Å². The van der Waals surface area contributed by atoms with E-state index in [4.69, 9.17) is 0 Å². The highest BCUT2D eigenvalue weighted by molar-refractivity contribution is 5.89. The number of carbonyl (C=O) groups is 1. The molecule has 1 fully saturated rings. The summed E-state index contributed by atoms with van der Waals surface area (Å²) in [6, 6.07) is 14.0. The number of fused-ring (bicyclic) bond motifs is 1. The average Bonchev–Trinajstić information content (AvgIpc) is 3.08. The van der Waals surface area contributed by atoms with Crippen LogP contribution in [0.1, 0.15) is 37.1 Å². The normalized spacial score (nSPS) is 16.0. The first-order chi connectivity index (χ1) is 12.7. The monoisotopic (exact) mass is 349 g/mol. The van der Waals surface area contributed by atoms with Crippen LogP contribution < -0.4 is 5.32 Å².